The Labute approximate surface area is 138 Å². The molecule has 0 saturated heterocycles. The number of hydrogen-bond donors (Lipinski definition) is 2. The minimum absolute atomic E-state index is 0.125. The van der Waals surface area contributed by atoms with Crippen LogP contribution in [0.1, 0.15) is 11.1 Å². The molecule has 0 aliphatic rings. The molecule has 0 saturated carbocycles. The number of carbonyl (C=O) groups excluding carboxylic acids is 1. The van der Waals surface area contributed by atoms with Crippen molar-refractivity contribution in [1.29, 1.82) is 5.26 Å². The van der Waals surface area contributed by atoms with Crippen LogP contribution in [-0.2, 0) is 11.2 Å². The maximum Gasteiger partial charge on any atom is 0.243 e. The van der Waals surface area contributed by atoms with Gasteiger partial charge in [0.1, 0.15) is 0 Å². The van der Waals surface area contributed by atoms with E-state index in [1.165, 1.54) is 0 Å². The average molecular weight is 358 g/mol. The van der Waals surface area contributed by atoms with Gasteiger partial charge < -0.3 is 10.6 Å². The lowest BCUT2D eigenvalue weighted by molar-refractivity contribution is -0.114. The van der Waals surface area contributed by atoms with Crippen LogP contribution < -0.4 is 10.6 Å². The second-order valence-corrected chi connectivity index (χ2v) is 5.77. The van der Waals surface area contributed by atoms with Crippen LogP contribution in [0, 0.1) is 18.3 Å². The summed E-state index contributed by atoms with van der Waals surface area (Å²) in [7, 11) is 0. The largest absolute Gasteiger partial charge is 0.375 e. The molecular formula is C17H16BrN3O. The first-order chi connectivity index (χ1) is 10.6. The third-order valence-electron chi connectivity index (χ3n) is 3.08. The number of nitriles is 1. The van der Waals surface area contributed by atoms with Crippen LogP contribution in [0.2, 0.25) is 0 Å². The number of carbonyl (C=O) groups is 1. The summed E-state index contributed by atoms with van der Waals surface area (Å²) in [5.41, 5.74) is 3.68. The number of aryl methyl sites for hydroxylation is 1. The van der Waals surface area contributed by atoms with E-state index in [-0.39, 0.29) is 12.5 Å². The predicted octanol–water partition coefficient (Wildman–Crippen LogP) is 3.87. The van der Waals surface area contributed by atoms with E-state index < -0.39 is 0 Å². The topological polar surface area (TPSA) is 64.9 Å². The van der Waals surface area contributed by atoms with Crippen LogP contribution in [0.4, 0.5) is 11.4 Å². The van der Waals surface area contributed by atoms with Crippen LogP contribution in [-0.4, -0.2) is 12.5 Å². The minimum Gasteiger partial charge on any atom is -0.375 e. The van der Waals surface area contributed by atoms with Crippen molar-refractivity contribution in [2.45, 2.75) is 13.3 Å². The summed E-state index contributed by atoms with van der Waals surface area (Å²) < 4.78 is 0.932. The van der Waals surface area contributed by atoms with Crippen molar-refractivity contribution in [1.82, 2.24) is 0 Å². The number of amides is 1. The van der Waals surface area contributed by atoms with E-state index in [2.05, 4.69) is 32.6 Å². The fourth-order valence-corrected chi connectivity index (χ4v) is 2.57. The van der Waals surface area contributed by atoms with Crippen LogP contribution >= 0.6 is 15.9 Å². The highest BCUT2D eigenvalue weighted by atomic mass is 79.9. The van der Waals surface area contributed by atoms with Gasteiger partial charge in [0.15, 0.2) is 0 Å². The van der Waals surface area contributed by atoms with Crippen LogP contribution in [0.5, 0.6) is 0 Å². The molecule has 4 nitrogen and oxygen atoms in total. The van der Waals surface area contributed by atoms with E-state index in [9.17, 15) is 4.79 Å². The first kappa shape index (κ1) is 16.1. The van der Waals surface area contributed by atoms with Gasteiger partial charge in [-0.3, -0.25) is 4.79 Å². The van der Waals surface area contributed by atoms with E-state index >= 15 is 0 Å². The van der Waals surface area contributed by atoms with Gasteiger partial charge in [0.25, 0.3) is 0 Å². The number of hydrogen-bond acceptors (Lipinski definition) is 3. The summed E-state index contributed by atoms with van der Waals surface area (Å²) in [5, 5.41) is 14.5. The summed E-state index contributed by atoms with van der Waals surface area (Å²) in [6.45, 7) is 2.19. The Morgan fingerprint density at radius 1 is 1.23 bits per heavy atom. The summed E-state index contributed by atoms with van der Waals surface area (Å²) in [4.78, 5) is 11.9. The molecule has 0 heterocycles. The molecule has 2 rings (SSSR count). The van der Waals surface area contributed by atoms with E-state index in [1.54, 1.807) is 12.1 Å². The summed E-state index contributed by atoms with van der Waals surface area (Å²) in [6, 6.07) is 15.3. The lowest BCUT2D eigenvalue weighted by Crippen LogP contribution is -2.21. The molecule has 0 aromatic heterocycles. The molecule has 22 heavy (non-hydrogen) atoms. The van der Waals surface area contributed by atoms with Crippen LogP contribution in [0.3, 0.4) is 0 Å². The Morgan fingerprint density at radius 3 is 2.59 bits per heavy atom. The van der Waals surface area contributed by atoms with E-state index in [4.69, 9.17) is 5.26 Å². The summed E-state index contributed by atoms with van der Waals surface area (Å²) in [6.07, 6.45) is 0.372. The van der Waals surface area contributed by atoms with E-state index in [0.717, 1.165) is 27.0 Å². The van der Waals surface area contributed by atoms with Gasteiger partial charge in [-0.25, -0.2) is 0 Å². The zero-order valence-electron chi connectivity index (χ0n) is 12.2. The predicted molar refractivity (Wildman–Crippen MR) is 91.8 cm³/mol. The van der Waals surface area contributed by atoms with Crippen molar-refractivity contribution in [2.24, 2.45) is 0 Å². The molecule has 0 radical (unpaired) electrons. The number of anilines is 2. The standard InChI is InChI=1S/C17H16BrN3O/c1-12-2-7-16(15(18)10-12)20-11-17(22)21-14-5-3-13(4-6-14)8-9-19/h2-7,10,20H,8,11H2,1H3,(H,21,22). The van der Waals surface area contributed by atoms with Gasteiger partial charge in [-0.1, -0.05) is 18.2 Å². The Bertz CT molecular complexity index is 705. The average Bonchev–Trinajstić information content (AvgIpc) is 2.49. The Kier molecular flexibility index (Phi) is 5.56. The third kappa shape index (κ3) is 4.61. The first-order valence-electron chi connectivity index (χ1n) is 6.84. The van der Waals surface area contributed by atoms with Gasteiger partial charge in [0, 0.05) is 15.8 Å². The molecule has 2 N–H and O–H groups in total. The Hall–Kier alpha value is -2.32. The highest BCUT2D eigenvalue weighted by Gasteiger charge is 2.05. The molecule has 2 aromatic rings. The Morgan fingerprint density at radius 2 is 1.95 bits per heavy atom. The SMILES string of the molecule is Cc1ccc(NCC(=O)Nc2ccc(CC#N)cc2)c(Br)c1. The van der Waals surface area contributed by atoms with Crippen molar-refractivity contribution in [3.8, 4) is 6.07 Å². The van der Waals surface area contributed by atoms with Crippen LogP contribution in [0.15, 0.2) is 46.9 Å². The zero-order chi connectivity index (χ0) is 15.9. The van der Waals surface area contributed by atoms with Gasteiger partial charge in [0.05, 0.1) is 19.0 Å². The number of nitrogens with zero attached hydrogens (tertiary/aromatic N) is 1. The highest BCUT2D eigenvalue weighted by Crippen LogP contribution is 2.23. The molecule has 5 heteroatoms. The van der Waals surface area contributed by atoms with Crippen molar-refractivity contribution < 1.29 is 4.79 Å². The van der Waals surface area contributed by atoms with Gasteiger partial charge in [-0.2, -0.15) is 5.26 Å². The van der Waals surface area contributed by atoms with Crippen molar-refractivity contribution >= 4 is 33.2 Å². The maximum absolute atomic E-state index is 11.9. The lowest BCUT2D eigenvalue weighted by atomic mass is 10.1. The molecule has 112 valence electrons. The number of nitrogens with one attached hydrogen (secondary N) is 2. The Balaban J connectivity index is 1.89. The van der Waals surface area contributed by atoms with Gasteiger partial charge in [-0.15, -0.1) is 0 Å². The zero-order valence-corrected chi connectivity index (χ0v) is 13.8. The maximum atomic E-state index is 11.9. The molecule has 0 atom stereocenters. The van der Waals surface area contributed by atoms with E-state index in [1.807, 2.05) is 37.3 Å². The smallest absolute Gasteiger partial charge is 0.243 e. The van der Waals surface area contributed by atoms with Gasteiger partial charge in [0.2, 0.25) is 5.91 Å². The number of rotatable bonds is 5. The molecule has 0 aliphatic heterocycles. The lowest BCUT2D eigenvalue weighted by Gasteiger charge is -2.10. The number of halogens is 1. The highest BCUT2D eigenvalue weighted by molar-refractivity contribution is 9.10. The second-order valence-electron chi connectivity index (χ2n) is 4.92. The monoisotopic (exact) mass is 357 g/mol. The molecule has 1 amide bonds. The molecule has 0 aliphatic carbocycles. The minimum atomic E-state index is -0.125. The van der Waals surface area contributed by atoms with Crippen LogP contribution in [0.25, 0.3) is 0 Å². The van der Waals surface area contributed by atoms with Crippen molar-refractivity contribution in [3.05, 3.63) is 58.1 Å². The number of benzene rings is 2. The molecule has 2 aromatic carbocycles. The summed E-state index contributed by atoms with van der Waals surface area (Å²) >= 11 is 3.47. The van der Waals surface area contributed by atoms with Crippen molar-refractivity contribution in [2.75, 3.05) is 17.2 Å². The fourth-order valence-electron chi connectivity index (χ4n) is 1.94. The molecule has 0 spiro atoms. The normalized spacial score (nSPS) is 9.86. The molecule has 0 unspecified atom stereocenters. The van der Waals surface area contributed by atoms with Gasteiger partial charge in [-0.05, 0) is 58.2 Å². The quantitative estimate of drug-likeness (QED) is 0.853. The van der Waals surface area contributed by atoms with E-state index in [0.29, 0.717) is 6.42 Å². The first-order valence-corrected chi connectivity index (χ1v) is 7.63. The van der Waals surface area contributed by atoms with Gasteiger partial charge >= 0.3 is 0 Å². The third-order valence-corrected chi connectivity index (χ3v) is 3.74. The summed E-state index contributed by atoms with van der Waals surface area (Å²) in [5.74, 6) is -0.125. The fraction of sp³-hybridized carbons (Fsp3) is 0.176. The molecule has 0 fully saturated rings. The second kappa shape index (κ2) is 7.62. The molecular weight excluding hydrogens is 342 g/mol. The van der Waals surface area contributed by atoms with Crippen molar-refractivity contribution in [3.63, 3.8) is 0 Å². The molecule has 0 bridgehead atoms.